The second kappa shape index (κ2) is 31.2. The van der Waals surface area contributed by atoms with Gasteiger partial charge in [-0.15, -0.1) is 0 Å². The standard InChI is InChI=1S/2C12H24O2.2C6H5.Pb/c2*1-2-3-4-5-6-7-8-9-10-11-12(13)14;2*1-2-4-6-5-3-1;/h2*2-11H2,1H3,(H,13,14);2*1-5H;. The predicted molar refractivity (Wildman–Crippen MR) is 177 cm³/mol. The summed E-state index contributed by atoms with van der Waals surface area (Å²) >= 11 is -0.740. The van der Waals surface area contributed by atoms with E-state index in [-0.39, 0.29) is 0 Å². The molecule has 0 bridgehead atoms. The third kappa shape index (κ3) is 31.1. The molecule has 0 aliphatic rings. The molecule has 2 aromatic rings. The van der Waals surface area contributed by atoms with Crippen molar-refractivity contribution in [3.05, 3.63) is 60.7 Å². The van der Waals surface area contributed by atoms with Gasteiger partial charge in [0.1, 0.15) is 0 Å². The first-order valence-electron chi connectivity index (χ1n) is 16.3. The zero-order valence-corrected chi connectivity index (χ0v) is 30.0. The van der Waals surface area contributed by atoms with Crippen LogP contribution in [0.15, 0.2) is 60.7 Å². The number of carboxylic acids is 2. The molecule has 2 aromatic carbocycles. The summed E-state index contributed by atoms with van der Waals surface area (Å²) in [4.78, 5) is 20.4. The number of unbranched alkanes of at least 4 members (excludes halogenated alkanes) is 16. The number of aliphatic carboxylic acids is 2. The Morgan fingerprint density at radius 3 is 1.00 bits per heavy atom. The van der Waals surface area contributed by atoms with Crippen LogP contribution in [0, 0.1) is 0 Å². The fourth-order valence-corrected chi connectivity index (χ4v) is 8.47. The van der Waals surface area contributed by atoms with E-state index in [1.807, 2.05) is 0 Å². The van der Waals surface area contributed by atoms with Gasteiger partial charge in [0, 0.05) is 12.8 Å². The number of carboxylic acid groups (broad SMARTS) is 2. The minimum atomic E-state index is -0.740. The molecular formula is C36H58O4Pb. The Morgan fingerprint density at radius 1 is 0.463 bits per heavy atom. The van der Waals surface area contributed by atoms with Gasteiger partial charge in [0.15, 0.2) is 0 Å². The Labute approximate surface area is 264 Å². The van der Waals surface area contributed by atoms with Crippen LogP contribution in [-0.2, 0) is 9.59 Å². The zero-order valence-electron chi connectivity index (χ0n) is 26.1. The maximum atomic E-state index is 10.2. The van der Waals surface area contributed by atoms with Crippen molar-refractivity contribution in [3.8, 4) is 0 Å². The summed E-state index contributed by atoms with van der Waals surface area (Å²) in [5.41, 5.74) is 0. The first-order valence-corrected chi connectivity index (χ1v) is 20.2. The average Bonchev–Trinajstić information content (AvgIpc) is 2.97. The van der Waals surface area contributed by atoms with Crippen LogP contribution < -0.4 is 6.25 Å². The molecule has 41 heavy (non-hydrogen) atoms. The molecule has 4 nitrogen and oxygen atoms in total. The summed E-state index contributed by atoms with van der Waals surface area (Å²) in [6.45, 7) is 4.46. The molecule has 0 spiro atoms. The summed E-state index contributed by atoms with van der Waals surface area (Å²) in [7, 11) is 0. The van der Waals surface area contributed by atoms with Crippen molar-refractivity contribution in [1.29, 1.82) is 0 Å². The van der Waals surface area contributed by atoms with Gasteiger partial charge in [-0.1, -0.05) is 117 Å². The number of rotatable bonds is 22. The quantitative estimate of drug-likeness (QED) is 0.0927. The van der Waals surface area contributed by atoms with Crippen molar-refractivity contribution in [1.82, 2.24) is 0 Å². The van der Waals surface area contributed by atoms with Gasteiger partial charge in [0.25, 0.3) is 0 Å². The Morgan fingerprint density at radius 2 is 0.732 bits per heavy atom. The fourth-order valence-electron chi connectivity index (χ4n) is 4.38. The van der Waals surface area contributed by atoms with Crippen molar-refractivity contribution in [2.75, 3.05) is 0 Å². The Hall–Kier alpha value is -1.70. The molecule has 0 atom stereocenters. The van der Waals surface area contributed by atoms with Gasteiger partial charge in [0.2, 0.25) is 0 Å². The van der Waals surface area contributed by atoms with Crippen molar-refractivity contribution in [2.24, 2.45) is 0 Å². The van der Waals surface area contributed by atoms with Crippen molar-refractivity contribution in [2.45, 2.75) is 142 Å². The van der Waals surface area contributed by atoms with Gasteiger partial charge in [-0.2, -0.15) is 0 Å². The molecule has 0 fully saturated rings. The second-order valence-electron chi connectivity index (χ2n) is 10.8. The van der Waals surface area contributed by atoms with Crippen LogP contribution in [0.25, 0.3) is 0 Å². The van der Waals surface area contributed by atoms with E-state index in [2.05, 4.69) is 74.5 Å². The minimum absolute atomic E-state index is 0.343. The fraction of sp³-hybridized carbons (Fsp3) is 0.611. The molecule has 0 amide bonds. The summed E-state index contributed by atoms with van der Waals surface area (Å²) in [5.74, 6) is -1.32. The van der Waals surface area contributed by atoms with Crippen molar-refractivity contribution < 1.29 is 19.8 Å². The van der Waals surface area contributed by atoms with Crippen LogP contribution in [0.4, 0.5) is 0 Å². The maximum absolute atomic E-state index is 10.2. The number of benzene rings is 2. The molecule has 0 saturated carbocycles. The molecule has 2 rings (SSSR count). The van der Waals surface area contributed by atoms with Gasteiger partial charge in [0.05, 0.1) is 0 Å². The van der Waals surface area contributed by atoms with Gasteiger partial charge >= 0.3 is 103 Å². The van der Waals surface area contributed by atoms with E-state index in [9.17, 15) is 9.59 Å². The van der Waals surface area contributed by atoms with Gasteiger partial charge in [-0.25, -0.2) is 0 Å². The molecule has 0 heterocycles. The van der Waals surface area contributed by atoms with Gasteiger partial charge < -0.3 is 10.2 Å². The van der Waals surface area contributed by atoms with E-state index in [4.69, 9.17) is 10.2 Å². The predicted octanol–water partition coefficient (Wildman–Crippen LogP) is 9.33. The van der Waals surface area contributed by atoms with E-state index in [0.29, 0.717) is 12.8 Å². The molecule has 0 saturated heterocycles. The van der Waals surface area contributed by atoms with Crippen LogP contribution in [0.1, 0.15) is 142 Å². The molecule has 0 aliphatic carbocycles. The average molecular weight is 762 g/mol. The van der Waals surface area contributed by atoms with E-state index < -0.39 is 36.2 Å². The Kier molecular flexibility index (Phi) is 29.9. The third-order valence-corrected chi connectivity index (χ3v) is 11.7. The first kappa shape index (κ1) is 39.3. The summed E-state index contributed by atoms with van der Waals surface area (Å²) in [6, 6.07) is 21.7. The molecule has 0 unspecified atom stereocenters. The van der Waals surface area contributed by atoms with E-state index in [1.165, 1.54) is 89.9 Å². The van der Waals surface area contributed by atoms with Crippen LogP contribution in [0.2, 0.25) is 0 Å². The number of hydrogen-bond acceptors (Lipinski definition) is 2. The Bertz CT molecular complexity index is 756. The topological polar surface area (TPSA) is 74.6 Å². The number of carbonyl (C=O) groups is 2. The molecule has 0 aromatic heterocycles. The molecule has 0 aliphatic heterocycles. The Balaban J connectivity index is 0.000000585. The third-order valence-electron chi connectivity index (χ3n) is 6.82. The van der Waals surface area contributed by atoms with Crippen LogP contribution in [-0.4, -0.2) is 46.4 Å². The molecule has 230 valence electrons. The normalized spacial score (nSPS) is 10.2. The molecular weight excluding hydrogens is 704 g/mol. The van der Waals surface area contributed by atoms with Gasteiger partial charge in [-0.3, -0.25) is 9.59 Å². The molecule has 2 radical (unpaired) electrons. The summed E-state index contributed by atoms with van der Waals surface area (Å²) < 4.78 is 3.13. The molecule has 2 N–H and O–H groups in total. The van der Waals surface area contributed by atoms with Crippen LogP contribution in [0.3, 0.4) is 0 Å². The second-order valence-corrected chi connectivity index (χ2v) is 16.3. The van der Waals surface area contributed by atoms with Gasteiger partial charge in [-0.05, 0) is 12.8 Å². The van der Waals surface area contributed by atoms with Crippen molar-refractivity contribution >= 4 is 42.4 Å². The van der Waals surface area contributed by atoms with E-state index in [0.717, 1.165) is 25.7 Å². The van der Waals surface area contributed by atoms with Crippen LogP contribution >= 0.6 is 0 Å². The van der Waals surface area contributed by atoms with E-state index >= 15 is 0 Å². The molecule has 5 heteroatoms. The van der Waals surface area contributed by atoms with E-state index in [1.54, 1.807) is 6.25 Å². The summed E-state index contributed by atoms with van der Waals surface area (Å²) in [6.07, 6.45) is 23.0. The monoisotopic (exact) mass is 762 g/mol. The SMILES string of the molecule is CCCCCCCCCCCC(=O)O.CCCCCCCCCCCC(=O)O.c1cc[c]([Pb][c]2ccccc2)cc1. The van der Waals surface area contributed by atoms with Crippen LogP contribution in [0.5, 0.6) is 0 Å². The zero-order chi connectivity index (χ0) is 30.2. The summed E-state index contributed by atoms with van der Waals surface area (Å²) in [5, 5.41) is 16.8. The van der Waals surface area contributed by atoms with Crippen molar-refractivity contribution in [3.63, 3.8) is 0 Å². The first-order chi connectivity index (χ1) is 20.0. The number of hydrogen-bond donors (Lipinski definition) is 2.